The molecule has 7 nitrogen and oxygen atoms in total. The number of hydrogen-bond acceptors (Lipinski definition) is 4. The highest BCUT2D eigenvalue weighted by atomic mass is 16.2. The Morgan fingerprint density at radius 1 is 1.23 bits per heavy atom. The molecule has 7 heteroatoms. The molecule has 13 heavy (non-hydrogen) atoms. The second kappa shape index (κ2) is 6.21. The SMILES string of the molecule is NC(=O)NCCNCC(N)C(N)=O. The summed E-state index contributed by atoms with van der Waals surface area (Å²) in [6.07, 6.45) is 0. The highest BCUT2D eigenvalue weighted by Crippen LogP contribution is 1.71. The summed E-state index contributed by atoms with van der Waals surface area (Å²) in [5.74, 6) is -0.560. The van der Waals surface area contributed by atoms with Gasteiger partial charge in [-0.15, -0.1) is 0 Å². The van der Waals surface area contributed by atoms with E-state index >= 15 is 0 Å². The van der Waals surface area contributed by atoms with Gasteiger partial charge in [0.2, 0.25) is 5.91 Å². The minimum atomic E-state index is -0.700. The summed E-state index contributed by atoms with van der Waals surface area (Å²) in [4.78, 5) is 20.6. The molecule has 0 radical (unpaired) electrons. The minimum Gasteiger partial charge on any atom is -0.368 e. The van der Waals surface area contributed by atoms with Gasteiger partial charge in [0.25, 0.3) is 0 Å². The molecule has 0 aliphatic heterocycles. The first-order valence-electron chi connectivity index (χ1n) is 3.83. The Kier molecular flexibility index (Phi) is 5.57. The van der Waals surface area contributed by atoms with E-state index < -0.39 is 18.0 Å². The predicted molar refractivity (Wildman–Crippen MR) is 47.6 cm³/mol. The molecule has 0 heterocycles. The van der Waals surface area contributed by atoms with Crippen LogP contribution in [0.15, 0.2) is 0 Å². The van der Waals surface area contributed by atoms with E-state index in [2.05, 4.69) is 10.6 Å². The maximum absolute atomic E-state index is 10.4. The van der Waals surface area contributed by atoms with Crippen molar-refractivity contribution in [3.63, 3.8) is 0 Å². The van der Waals surface area contributed by atoms with Crippen LogP contribution in [0.4, 0.5) is 4.79 Å². The average molecular weight is 189 g/mol. The fourth-order valence-electron chi connectivity index (χ4n) is 0.632. The Balaban J connectivity index is 3.26. The zero-order valence-corrected chi connectivity index (χ0v) is 7.25. The largest absolute Gasteiger partial charge is 0.368 e. The maximum Gasteiger partial charge on any atom is 0.312 e. The summed E-state index contributed by atoms with van der Waals surface area (Å²) in [5, 5.41) is 5.19. The molecule has 0 aromatic carbocycles. The van der Waals surface area contributed by atoms with Gasteiger partial charge in [-0.05, 0) is 0 Å². The quantitative estimate of drug-likeness (QED) is 0.285. The van der Waals surface area contributed by atoms with Crippen molar-refractivity contribution in [2.75, 3.05) is 19.6 Å². The minimum absolute atomic E-state index is 0.287. The van der Waals surface area contributed by atoms with Crippen molar-refractivity contribution in [3.05, 3.63) is 0 Å². The normalized spacial score (nSPS) is 12.1. The number of urea groups is 1. The van der Waals surface area contributed by atoms with E-state index in [-0.39, 0.29) is 6.54 Å². The van der Waals surface area contributed by atoms with Crippen molar-refractivity contribution in [2.24, 2.45) is 17.2 Å². The Morgan fingerprint density at radius 2 is 1.85 bits per heavy atom. The Hall–Kier alpha value is -1.34. The highest BCUT2D eigenvalue weighted by Gasteiger charge is 2.06. The van der Waals surface area contributed by atoms with Gasteiger partial charge in [0.1, 0.15) is 0 Å². The maximum atomic E-state index is 10.4. The van der Waals surface area contributed by atoms with Crippen molar-refractivity contribution in [3.8, 4) is 0 Å². The van der Waals surface area contributed by atoms with E-state index in [1.54, 1.807) is 0 Å². The zero-order chi connectivity index (χ0) is 10.3. The summed E-state index contributed by atoms with van der Waals surface area (Å²) < 4.78 is 0. The van der Waals surface area contributed by atoms with Crippen LogP contribution >= 0.6 is 0 Å². The van der Waals surface area contributed by atoms with Crippen LogP contribution in [-0.4, -0.2) is 37.6 Å². The number of amides is 3. The van der Waals surface area contributed by atoms with Gasteiger partial charge >= 0.3 is 6.03 Å². The van der Waals surface area contributed by atoms with E-state index in [9.17, 15) is 9.59 Å². The molecule has 0 saturated carbocycles. The van der Waals surface area contributed by atoms with Gasteiger partial charge in [0, 0.05) is 19.6 Å². The van der Waals surface area contributed by atoms with E-state index in [0.29, 0.717) is 13.1 Å². The average Bonchev–Trinajstić information content (AvgIpc) is 2.02. The first-order valence-corrected chi connectivity index (χ1v) is 3.83. The topological polar surface area (TPSA) is 136 Å². The molecule has 0 spiro atoms. The van der Waals surface area contributed by atoms with Gasteiger partial charge in [-0.1, -0.05) is 0 Å². The van der Waals surface area contributed by atoms with Crippen LogP contribution in [0.5, 0.6) is 0 Å². The number of rotatable bonds is 6. The fourth-order valence-corrected chi connectivity index (χ4v) is 0.632. The number of primary amides is 2. The lowest BCUT2D eigenvalue weighted by Gasteiger charge is -2.08. The molecule has 76 valence electrons. The molecule has 8 N–H and O–H groups in total. The summed E-state index contributed by atoms with van der Waals surface area (Å²) in [5.41, 5.74) is 15.0. The van der Waals surface area contributed by atoms with Crippen LogP contribution in [-0.2, 0) is 4.79 Å². The van der Waals surface area contributed by atoms with Crippen LogP contribution < -0.4 is 27.8 Å². The third-order valence-corrected chi connectivity index (χ3v) is 1.33. The van der Waals surface area contributed by atoms with E-state index in [0.717, 1.165) is 0 Å². The van der Waals surface area contributed by atoms with Crippen LogP contribution in [0.2, 0.25) is 0 Å². The predicted octanol–water partition coefficient (Wildman–Crippen LogP) is -2.94. The summed E-state index contributed by atoms with van der Waals surface area (Å²) in [6, 6.07) is -1.28. The number of carbonyl (C=O) groups excluding carboxylic acids is 2. The standard InChI is InChI=1S/C6H15N5O2/c7-4(5(8)12)3-10-1-2-11-6(9)13/h4,10H,1-3,7H2,(H2,8,12)(H3,9,11,13). The summed E-state index contributed by atoms with van der Waals surface area (Å²) in [6.45, 7) is 1.17. The van der Waals surface area contributed by atoms with Crippen LogP contribution in [0.3, 0.4) is 0 Å². The van der Waals surface area contributed by atoms with Gasteiger partial charge < -0.3 is 27.8 Å². The second-order valence-electron chi connectivity index (χ2n) is 2.50. The van der Waals surface area contributed by atoms with Crippen molar-refractivity contribution in [1.29, 1.82) is 0 Å². The van der Waals surface area contributed by atoms with Crippen molar-refractivity contribution < 1.29 is 9.59 Å². The van der Waals surface area contributed by atoms with E-state index in [4.69, 9.17) is 17.2 Å². The zero-order valence-electron chi connectivity index (χ0n) is 7.25. The monoisotopic (exact) mass is 189 g/mol. The highest BCUT2D eigenvalue weighted by molar-refractivity contribution is 5.79. The van der Waals surface area contributed by atoms with Crippen molar-refractivity contribution >= 4 is 11.9 Å². The first kappa shape index (κ1) is 11.7. The van der Waals surface area contributed by atoms with Crippen LogP contribution in [0.1, 0.15) is 0 Å². The Morgan fingerprint density at radius 3 is 2.31 bits per heavy atom. The Labute approximate surface area is 76.0 Å². The molecule has 0 rings (SSSR count). The summed E-state index contributed by atoms with van der Waals surface area (Å²) >= 11 is 0. The van der Waals surface area contributed by atoms with Gasteiger partial charge in [0.15, 0.2) is 0 Å². The molecule has 1 unspecified atom stereocenters. The van der Waals surface area contributed by atoms with Gasteiger partial charge in [-0.25, -0.2) is 4.79 Å². The molecule has 0 aromatic heterocycles. The van der Waals surface area contributed by atoms with Crippen LogP contribution in [0.25, 0.3) is 0 Å². The lowest BCUT2D eigenvalue weighted by atomic mass is 10.3. The number of nitrogens with one attached hydrogen (secondary N) is 2. The molecule has 0 aromatic rings. The lowest BCUT2D eigenvalue weighted by Crippen LogP contribution is -2.46. The Bertz CT molecular complexity index is 184. The second-order valence-corrected chi connectivity index (χ2v) is 2.50. The van der Waals surface area contributed by atoms with Gasteiger partial charge in [0.05, 0.1) is 6.04 Å². The van der Waals surface area contributed by atoms with Gasteiger partial charge in [-0.2, -0.15) is 0 Å². The lowest BCUT2D eigenvalue weighted by molar-refractivity contribution is -0.119. The fraction of sp³-hybridized carbons (Fsp3) is 0.667. The molecule has 0 aliphatic carbocycles. The number of carbonyl (C=O) groups is 2. The molecule has 0 fully saturated rings. The molecular weight excluding hydrogens is 174 g/mol. The van der Waals surface area contributed by atoms with Crippen LogP contribution in [0, 0.1) is 0 Å². The van der Waals surface area contributed by atoms with E-state index in [1.165, 1.54) is 0 Å². The molecule has 0 aliphatic rings. The molecule has 0 bridgehead atoms. The number of hydrogen-bond donors (Lipinski definition) is 5. The first-order chi connectivity index (χ1) is 6.04. The molecular formula is C6H15N5O2. The van der Waals surface area contributed by atoms with Crippen molar-refractivity contribution in [2.45, 2.75) is 6.04 Å². The number of nitrogens with two attached hydrogens (primary N) is 3. The van der Waals surface area contributed by atoms with Crippen molar-refractivity contribution in [1.82, 2.24) is 10.6 Å². The molecule has 0 saturated heterocycles. The third-order valence-electron chi connectivity index (χ3n) is 1.33. The molecule has 3 amide bonds. The summed E-state index contributed by atoms with van der Waals surface area (Å²) in [7, 11) is 0. The van der Waals surface area contributed by atoms with Gasteiger partial charge in [-0.3, -0.25) is 4.79 Å². The molecule has 1 atom stereocenters. The third kappa shape index (κ3) is 7.04. The van der Waals surface area contributed by atoms with E-state index in [1.807, 2.05) is 0 Å². The smallest absolute Gasteiger partial charge is 0.312 e.